The number of esters is 1. The third-order valence-electron chi connectivity index (χ3n) is 1.68. The monoisotopic (exact) mass is 162 g/mol. The molecule has 0 bridgehead atoms. The predicted octanol–water partition coefficient (Wildman–Crippen LogP) is -1.98. The van der Waals surface area contributed by atoms with E-state index in [0.717, 1.165) is 0 Å². The molecule has 2 atom stereocenters. The van der Waals surface area contributed by atoms with E-state index in [0.29, 0.717) is 0 Å². The Morgan fingerprint density at radius 3 is 2.55 bits per heavy atom. The second-order valence-electron chi connectivity index (χ2n) is 2.60. The van der Waals surface area contributed by atoms with Crippen LogP contribution in [0.3, 0.4) is 0 Å². The molecular formula is C6H10O5. The van der Waals surface area contributed by atoms with Crippen molar-refractivity contribution in [3.63, 3.8) is 0 Å². The van der Waals surface area contributed by atoms with Gasteiger partial charge in [0.1, 0.15) is 6.10 Å². The van der Waals surface area contributed by atoms with Gasteiger partial charge in [-0.25, -0.2) is 4.79 Å². The average molecular weight is 162 g/mol. The fraction of sp³-hybridized carbons (Fsp3) is 0.833. The van der Waals surface area contributed by atoms with Gasteiger partial charge in [-0.2, -0.15) is 0 Å². The molecule has 5 heteroatoms. The molecule has 0 aromatic rings. The number of hydrogen-bond acceptors (Lipinski definition) is 5. The van der Waals surface area contributed by atoms with Crippen LogP contribution in [0.15, 0.2) is 0 Å². The summed E-state index contributed by atoms with van der Waals surface area (Å²) in [5, 5.41) is 26.4. The highest BCUT2D eigenvalue weighted by molar-refractivity contribution is 5.81. The maximum atomic E-state index is 10.8. The smallest absolute Gasteiger partial charge is 0.341 e. The zero-order chi connectivity index (χ0) is 8.48. The molecule has 1 fully saturated rings. The SMILES string of the molecule is O=C1O[C@@H](CO)C[C@]1(O)CO. The van der Waals surface area contributed by atoms with E-state index >= 15 is 0 Å². The largest absolute Gasteiger partial charge is 0.458 e. The summed E-state index contributed by atoms with van der Waals surface area (Å²) in [6.07, 6.45) is -0.724. The summed E-state index contributed by atoms with van der Waals surface area (Å²) in [5.41, 5.74) is -1.80. The van der Waals surface area contributed by atoms with Gasteiger partial charge in [-0.3, -0.25) is 0 Å². The van der Waals surface area contributed by atoms with Gasteiger partial charge in [0.25, 0.3) is 0 Å². The third-order valence-corrected chi connectivity index (χ3v) is 1.68. The Balaban J connectivity index is 2.65. The fourth-order valence-corrected chi connectivity index (χ4v) is 0.994. The average Bonchev–Trinajstić information content (AvgIpc) is 2.29. The van der Waals surface area contributed by atoms with E-state index in [1.165, 1.54) is 0 Å². The maximum Gasteiger partial charge on any atom is 0.341 e. The molecular weight excluding hydrogens is 152 g/mol. The Morgan fingerprint density at radius 2 is 2.27 bits per heavy atom. The lowest BCUT2D eigenvalue weighted by atomic mass is 10.0. The molecule has 5 nitrogen and oxygen atoms in total. The molecule has 0 aromatic carbocycles. The van der Waals surface area contributed by atoms with E-state index in [4.69, 9.17) is 10.2 Å². The van der Waals surface area contributed by atoms with Gasteiger partial charge in [-0.05, 0) is 0 Å². The van der Waals surface area contributed by atoms with Crippen LogP contribution >= 0.6 is 0 Å². The standard InChI is InChI=1S/C6H10O5/c7-2-4-1-6(10,3-8)5(9)11-4/h4,7-8,10H,1-3H2/t4-,6+/m1/s1. The zero-order valence-electron chi connectivity index (χ0n) is 5.86. The molecule has 0 radical (unpaired) electrons. The topological polar surface area (TPSA) is 87.0 Å². The van der Waals surface area contributed by atoms with Gasteiger partial charge in [0.05, 0.1) is 13.2 Å². The van der Waals surface area contributed by atoms with Crippen molar-refractivity contribution in [2.24, 2.45) is 0 Å². The predicted molar refractivity (Wildman–Crippen MR) is 33.6 cm³/mol. The van der Waals surface area contributed by atoms with Crippen LogP contribution in [-0.4, -0.2) is 46.2 Å². The van der Waals surface area contributed by atoms with Crippen LogP contribution in [0.2, 0.25) is 0 Å². The molecule has 1 saturated heterocycles. The first-order chi connectivity index (χ1) is 5.12. The Hall–Kier alpha value is -0.650. The number of rotatable bonds is 2. The highest BCUT2D eigenvalue weighted by Crippen LogP contribution is 2.24. The minimum atomic E-state index is -1.80. The van der Waals surface area contributed by atoms with E-state index < -0.39 is 24.3 Å². The van der Waals surface area contributed by atoms with Gasteiger partial charge in [0, 0.05) is 6.42 Å². The summed E-state index contributed by atoms with van der Waals surface area (Å²) in [6.45, 7) is -0.990. The molecule has 3 N–H and O–H groups in total. The second-order valence-corrected chi connectivity index (χ2v) is 2.60. The van der Waals surface area contributed by atoms with Crippen LogP contribution in [0.1, 0.15) is 6.42 Å². The molecule has 11 heavy (non-hydrogen) atoms. The molecule has 0 spiro atoms. The van der Waals surface area contributed by atoms with Crippen molar-refractivity contribution in [3.05, 3.63) is 0 Å². The molecule has 0 saturated carbocycles. The van der Waals surface area contributed by atoms with Crippen LogP contribution in [0.25, 0.3) is 0 Å². The van der Waals surface area contributed by atoms with Crippen molar-refractivity contribution in [2.45, 2.75) is 18.1 Å². The summed E-state index contributed by atoms with van der Waals surface area (Å²) in [6, 6.07) is 0. The van der Waals surface area contributed by atoms with Gasteiger partial charge in [0.2, 0.25) is 0 Å². The summed E-state index contributed by atoms with van der Waals surface area (Å²) >= 11 is 0. The number of cyclic esters (lactones) is 1. The Kier molecular flexibility index (Phi) is 2.12. The first-order valence-electron chi connectivity index (χ1n) is 3.27. The van der Waals surface area contributed by atoms with Crippen molar-refractivity contribution in [1.29, 1.82) is 0 Å². The quantitative estimate of drug-likeness (QED) is 0.409. The van der Waals surface area contributed by atoms with Crippen molar-refractivity contribution in [1.82, 2.24) is 0 Å². The molecule has 1 rings (SSSR count). The van der Waals surface area contributed by atoms with Gasteiger partial charge in [0.15, 0.2) is 5.60 Å². The van der Waals surface area contributed by atoms with Crippen LogP contribution in [0.4, 0.5) is 0 Å². The number of carbonyl (C=O) groups excluding carboxylic acids is 1. The van der Waals surface area contributed by atoms with Crippen molar-refractivity contribution in [3.8, 4) is 0 Å². The summed E-state index contributed by atoms with van der Waals surface area (Å²) in [4.78, 5) is 10.8. The Morgan fingerprint density at radius 1 is 1.64 bits per heavy atom. The van der Waals surface area contributed by atoms with E-state index in [-0.39, 0.29) is 13.0 Å². The molecule has 1 aliphatic heterocycles. The highest BCUT2D eigenvalue weighted by atomic mass is 16.6. The van der Waals surface area contributed by atoms with Crippen LogP contribution in [-0.2, 0) is 9.53 Å². The lowest BCUT2D eigenvalue weighted by Crippen LogP contribution is -2.38. The van der Waals surface area contributed by atoms with Crippen LogP contribution in [0.5, 0.6) is 0 Å². The van der Waals surface area contributed by atoms with Crippen LogP contribution < -0.4 is 0 Å². The van der Waals surface area contributed by atoms with E-state index in [1.807, 2.05) is 0 Å². The Bertz CT molecular complexity index is 168. The molecule has 1 aliphatic rings. The van der Waals surface area contributed by atoms with E-state index in [2.05, 4.69) is 4.74 Å². The minimum absolute atomic E-state index is 0.0428. The fourth-order valence-electron chi connectivity index (χ4n) is 0.994. The number of aliphatic hydroxyl groups excluding tert-OH is 2. The lowest BCUT2D eigenvalue weighted by Gasteiger charge is -2.12. The third kappa shape index (κ3) is 1.35. The molecule has 0 unspecified atom stereocenters. The van der Waals surface area contributed by atoms with Gasteiger partial charge in [-0.15, -0.1) is 0 Å². The molecule has 0 aromatic heterocycles. The van der Waals surface area contributed by atoms with E-state index in [9.17, 15) is 9.90 Å². The second kappa shape index (κ2) is 2.77. The number of aliphatic hydroxyl groups is 3. The zero-order valence-corrected chi connectivity index (χ0v) is 5.86. The highest BCUT2D eigenvalue weighted by Gasteiger charge is 2.47. The normalized spacial score (nSPS) is 37.4. The summed E-state index contributed by atoms with van der Waals surface area (Å²) in [5.74, 6) is -0.862. The lowest BCUT2D eigenvalue weighted by molar-refractivity contribution is -0.158. The molecule has 64 valence electrons. The number of carbonyl (C=O) groups is 1. The first-order valence-corrected chi connectivity index (χ1v) is 3.27. The van der Waals surface area contributed by atoms with Crippen molar-refractivity contribution >= 4 is 5.97 Å². The molecule has 0 aliphatic carbocycles. The van der Waals surface area contributed by atoms with Gasteiger partial charge < -0.3 is 20.1 Å². The summed E-state index contributed by atoms with van der Waals surface area (Å²) < 4.78 is 4.52. The first kappa shape index (κ1) is 8.45. The Labute approximate surface area is 63.2 Å². The van der Waals surface area contributed by atoms with Gasteiger partial charge >= 0.3 is 5.97 Å². The minimum Gasteiger partial charge on any atom is -0.458 e. The molecule has 1 heterocycles. The van der Waals surface area contributed by atoms with Crippen LogP contribution in [0, 0.1) is 0 Å². The number of ether oxygens (including phenoxy) is 1. The summed E-state index contributed by atoms with van der Waals surface area (Å²) in [7, 11) is 0. The van der Waals surface area contributed by atoms with Crippen molar-refractivity contribution < 1.29 is 24.9 Å². The van der Waals surface area contributed by atoms with Crippen molar-refractivity contribution in [2.75, 3.05) is 13.2 Å². The number of hydrogen-bond donors (Lipinski definition) is 3. The van der Waals surface area contributed by atoms with E-state index in [1.54, 1.807) is 0 Å². The van der Waals surface area contributed by atoms with Gasteiger partial charge in [-0.1, -0.05) is 0 Å². The maximum absolute atomic E-state index is 10.8. The molecule has 0 amide bonds.